The van der Waals surface area contributed by atoms with Crippen molar-refractivity contribution in [1.29, 1.82) is 0 Å². The third-order valence-electron chi connectivity index (χ3n) is 3.36. The highest BCUT2D eigenvalue weighted by molar-refractivity contribution is 9.10. The summed E-state index contributed by atoms with van der Waals surface area (Å²) in [7, 11) is 0. The number of halogens is 1. The van der Waals surface area contributed by atoms with E-state index in [0.717, 1.165) is 15.7 Å². The van der Waals surface area contributed by atoms with Gasteiger partial charge in [-0.15, -0.1) is 0 Å². The second kappa shape index (κ2) is 6.76. The van der Waals surface area contributed by atoms with Crippen molar-refractivity contribution in [2.24, 2.45) is 0 Å². The van der Waals surface area contributed by atoms with E-state index in [1.54, 1.807) is 12.1 Å². The fourth-order valence-corrected chi connectivity index (χ4v) is 2.53. The molecule has 110 valence electrons. The summed E-state index contributed by atoms with van der Waals surface area (Å²) in [6, 6.07) is 13.4. The Morgan fingerprint density at radius 2 is 1.86 bits per heavy atom. The lowest BCUT2D eigenvalue weighted by molar-refractivity contribution is 0.0697. The molecule has 0 unspecified atom stereocenters. The van der Waals surface area contributed by atoms with Gasteiger partial charge in [0.1, 0.15) is 0 Å². The molecule has 3 nitrogen and oxygen atoms in total. The zero-order valence-electron chi connectivity index (χ0n) is 12.1. The SMILES string of the molecule is CC(C)c1ccc(NCc2ccc(C(=O)O)cc2Br)cc1. The summed E-state index contributed by atoms with van der Waals surface area (Å²) >= 11 is 3.42. The zero-order valence-corrected chi connectivity index (χ0v) is 13.6. The Balaban J connectivity index is 2.04. The Labute approximate surface area is 133 Å². The number of benzene rings is 2. The van der Waals surface area contributed by atoms with Crippen molar-refractivity contribution >= 4 is 27.6 Å². The van der Waals surface area contributed by atoms with Gasteiger partial charge in [0.25, 0.3) is 0 Å². The van der Waals surface area contributed by atoms with Crippen LogP contribution >= 0.6 is 15.9 Å². The number of rotatable bonds is 5. The van der Waals surface area contributed by atoms with Crippen LogP contribution in [0, 0.1) is 0 Å². The van der Waals surface area contributed by atoms with Crippen molar-refractivity contribution in [3.63, 3.8) is 0 Å². The fourth-order valence-electron chi connectivity index (χ4n) is 2.01. The molecule has 0 bridgehead atoms. The van der Waals surface area contributed by atoms with E-state index in [0.29, 0.717) is 12.5 Å². The lowest BCUT2D eigenvalue weighted by atomic mass is 10.0. The highest BCUT2D eigenvalue weighted by Crippen LogP contribution is 2.21. The summed E-state index contributed by atoms with van der Waals surface area (Å²) in [6.45, 7) is 4.98. The molecule has 0 spiro atoms. The van der Waals surface area contributed by atoms with Gasteiger partial charge in [-0.05, 0) is 41.3 Å². The molecule has 2 N–H and O–H groups in total. The van der Waals surface area contributed by atoms with Crippen molar-refractivity contribution in [2.75, 3.05) is 5.32 Å². The number of carbonyl (C=O) groups is 1. The number of hydrogen-bond acceptors (Lipinski definition) is 2. The molecule has 0 heterocycles. The van der Waals surface area contributed by atoms with E-state index < -0.39 is 5.97 Å². The third-order valence-corrected chi connectivity index (χ3v) is 4.10. The minimum atomic E-state index is -0.917. The quantitative estimate of drug-likeness (QED) is 0.809. The van der Waals surface area contributed by atoms with Crippen LogP contribution in [0.5, 0.6) is 0 Å². The van der Waals surface area contributed by atoms with Gasteiger partial charge < -0.3 is 10.4 Å². The molecule has 0 atom stereocenters. The van der Waals surface area contributed by atoms with Gasteiger partial charge in [0.05, 0.1) is 5.56 Å². The van der Waals surface area contributed by atoms with Crippen LogP contribution in [0.2, 0.25) is 0 Å². The van der Waals surface area contributed by atoms with Crippen molar-refractivity contribution in [2.45, 2.75) is 26.3 Å². The molecule has 0 aromatic heterocycles. The van der Waals surface area contributed by atoms with Gasteiger partial charge in [-0.25, -0.2) is 4.79 Å². The predicted octanol–water partition coefficient (Wildman–Crippen LogP) is 4.88. The highest BCUT2D eigenvalue weighted by atomic mass is 79.9. The molecule has 0 saturated carbocycles. The number of carboxylic acids is 1. The largest absolute Gasteiger partial charge is 0.478 e. The van der Waals surface area contributed by atoms with Crippen LogP contribution in [0.25, 0.3) is 0 Å². The molecular formula is C17H18BrNO2. The molecule has 0 amide bonds. The van der Waals surface area contributed by atoms with Crippen LogP contribution in [0.15, 0.2) is 46.9 Å². The molecule has 0 aliphatic heterocycles. The number of hydrogen-bond donors (Lipinski definition) is 2. The standard InChI is InChI=1S/C17H18BrNO2/c1-11(2)12-5-7-15(8-6-12)19-10-14-4-3-13(17(20)21)9-16(14)18/h3-9,11,19H,10H2,1-2H3,(H,20,21). The fraction of sp³-hybridized carbons (Fsp3) is 0.235. The predicted molar refractivity (Wildman–Crippen MR) is 89.0 cm³/mol. The zero-order chi connectivity index (χ0) is 15.4. The number of carboxylic acid groups (broad SMARTS) is 1. The normalized spacial score (nSPS) is 10.7. The maximum absolute atomic E-state index is 10.9. The van der Waals surface area contributed by atoms with Gasteiger partial charge in [0.2, 0.25) is 0 Å². The smallest absolute Gasteiger partial charge is 0.335 e. The van der Waals surface area contributed by atoms with Gasteiger partial charge >= 0.3 is 5.97 Å². The van der Waals surface area contributed by atoms with Crippen LogP contribution in [-0.4, -0.2) is 11.1 Å². The molecule has 0 radical (unpaired) electrons. The first-order chi connectivity index (χ1) is 9.97. The summed E-state index contributed by atoms with van der Waals surface area (Å²) in [5, 5.41) is 12.3. The average Bonchev–Trinajstić information content (AvgIpc) is 2.46. The maximum atomic E-state index is 10.9. The van der Waals surface area contributed by atoms with Crippen molar-refractivity contribution in [3.8, 4) is 0 Å². The van der Waals surface area contributed by atoms with E-state index >= 15 is 0 Å². The molecular weight excluding hydrogens is 330 g/mol. The topological polar surface area (TPSA) is 49.3 Å². The van der Waals surface area contributed by atoms with Crippen LogP contribution in [0.3, 0.4) is 0 Å². The minimum Gasteiger partial charge on any atom is -0.478 e. The van der Waals surface area contributed by atoms with Crippen molar-refractivity contribution in [1.82, 2.24) is 0 Å². The van der Waals surface area contributed by atoms with E-state index in [1.165, 1.54) is 5.56 Å². The number of aromatic carboxylic acids is 1. The molecule has 0 fully saturated rings. The number of nitrogens with one attached hydrogen (secondary N) is 1. The Hall–Kier alpha value is -1.81. The first kappa shape index (κ1) is 15.6. The van der Waals surface area contributed by atoms with Crippen LogP contribution in [-0.2, 0) is 6.54 Å². The van der Waals surface area contributed by atoms with E-state index in [2.05, 4.69) is 59.4 Å². The lowest BCUT2D eigenvalue weighted by Crippen LogP contribution is -2.02. The van der Waals surface area contributed by atoms with E-state index in [-0.39, 0.29) is 5.56 Å². The van der Waals surface area contributed by atoms with Crippen molar-refractivity contribution < 1.29 is 9.90 Å². The van der Waals surface area contributed by atoms with E-state index in [4.69, 9.17) is 5.11 Å². The molecule has 2 aromatic rings. The Morgan fingerprint density at radius 3 is 2.38 bits per heavy atom. The van der Waals surface area contributed by atoms with Crippen LogP contribution in [0.1, 0.15) is 41.3 Å². The average molecular weight is 348 g/mol. The van der Waals surface area contributed by atoms with E-state index in [1.807, 2.05) is 6.07 Å². The highest BCUT2D eigenvalue weighted by Gasteiger charge is 2.06. The summed E-state index contributed by atoms with van der Waals surface area (Å²) in [6.07, 6.45) is 0. The summed E-state index contributed by atoms with van der Waals surface area (Å²) in [4.78, 5) is 10.9. The summed E-state index contributed by atoms with van der Waals surface area (Å²) < 4.78 is 0.800. The Morgan fingerprint density at radius 1 is 1.19 bits per heavy atom. The maximum Gasteiger partial charge on any atom is 0.335 e. The van der Waals surface area contributed by atoms with Gasteiger partial charge in [-0.2, -0.15) is 0 Å². The van der Waals surface area contributed by atoms with Gasteiger partial charge in [-0.3, -0.25) is 0 Å². The Bertz CT molecular complexity index is 636. The van der Waals surface area contributed by atoms with Crippen LogP contribution in [0.4, 0.5) is 5.69 Å². The summed E-state index contributed by atoms with van der Waals surface area (Å²) in [5.74, 6) is -0.392. The van der Waals surface area contributed by atoms with Gasteiger partial charge in [0.15, 0.2) is 0 Å². The molecule has 0 aliphatic rings. The molecule has 0 saturated heterocycles. The van der Waals surface area contributed by atoms with E-state index in [9.17, 15) is 4.79 Å². The molecule has 2 aromatic carbocycles. The van der Waals surface area contributed by atoms with Crippen molar-refractivity contribution in [3.05, 3.63) is 63.6 Å². The lowest BCUT2D eigenvalue weighted by Gasteiger charge is -2.11. The first-order valence-corrected chi connectivity index (χ1v) is 7.62. The van der Waals surface area contributed by atoms with Gasteiger partial charge in [0, 0.05) is 16.7 Å². The molecule has 0 aliphatic carbocycles. The molecule has 21 heavy (non-hydrogen) atoms. The monoisotopic (exact) mass is 347 g/mol. The second-order valence-electron chi connectivity index (χ2n) is 5.24. The second-order valence-corrected chi connectivity index (χ2v) is 6.10. The molecule has 2 rings (SSSR count). The number of anilines is 1. The Kier molecular flexibility index (Phi) is 5.02. The van der Waals surface area contributed by atoms with Crippen LogP contribution < -0.4 is 5.32 Å². The summed E-state index contributed by atoms with van der Waals surface area (Å²) in [5.41, 5.74) is 3.67. The minimum absolute atomic E-state index is 0.284. The van der Waals surface area contributed by atoms with Gasteiger partial charge in [-0.1, -0.05) is 48.0 Å². The first-order valence-electron chi connectivity index (χ1n) is 6.83. The third kappa shape index (κ3) is 4.08. The molecule has 4 heteroatoms.